The van der Waals surface area contributed by atoms with E-state index in [4.69, 9.17) is 16.3 Å². The van der Waals surface area contributed by atoms with Crippen molar-refractivity contribution in [3.63, 3.8) is 0 Å². The third-order valence-corrected chi connectivity index (χ3v) is 5.90. The molecule has 29 heavy (non-hydrogen) atoms. The van der Waals surface area contributed by atoms with Gasteiger partial charge in [-0.2, -0.15) is 0 Å². The van der Waals surface area contributed by atoms with Gasteiger partial charge in [0.1, 0.15) is 17.6 Å². The number of ether oxygens (including phenoxy) is 1. The van der Waals surface area contributed by atoms with E-state index >= 15 is 0 Å². The monoisotopic (exact) mass is 425 g/mol. The number of nitrogens with zero attached hydrogens (tertiary/aromatic N) is 1. The first kappa shape index (κ1) is 19.2. The predicted octanol–water partition coefficient (Wildman–Crippen LogP) is 5.04. The summed E-state index contributed by atoms with van der Waals surface area (Å²) in [5.74, 6) is -1.25. The summed E-state index contributed by atoms with van der Waals surface area (Å²) in [6, 6.07) is 16.4. The van der Waals surface area contributed by atoms with Crippen LogP contribution in [-0.4, -0.2) is 23.9 Å². The van der Waals surface area contributed by atoms with E-state index in [1.165, 1.54) is 23.3 Å². The van der Waals surface area contributed by atoms with Crippen LogP contribution in [0.25, 0.3) is 5.76 Å². The molecule has 146 valence electrons. The number of aliphatic hydroxyl groups excluding tert-OH is 1. The number of Topliss-reactive ketones (excluding diaryl/α,β-unsaturated/α-hetero) is 1. The molecule has 0 saturated carbocycles. The maximum absolute atomic E-state index is 13.0. The van der Waals surface area contributed by atoms with E-state index in [0.717, 1.165) is 4.88 Å². The number of anilines is 1. The molecule has 3 aromatic rings. The van der Waals surface area contributed by atoms with Crippen LogP contribution < -0.4 is 9.64 Å². The number of aliphatic hydroxyl groups is 1. The highest BCUT2D eigenvalue weighted by atomic mass is 35.5. The van der Waals surface area contributed by atoms with Gasteiger partial charge < -0.3 is 9.84 Å². The van der Waals surface area contributed by atoms with Crippen LogP contribution in [0.15, 0.2) is 71.6 Å². The topological polar surface area (TPSA) is 66.8 Å². The van der Waals surface area contributed by atoms with Gasteiger partial charge in [-0.3, -0.25) is 14.5 Å². The van der Waals surface area contributed by atoms with Crippen molar-refractivity contribution in [2.24, 2.45) is 0 Å². The van der Waals surface area contributed by atoms with Gasteiger partial charge in [-0.15, -0.1) is 11.3 Å². The zero-order valence-electron chi connectivity index (χ0n) is 15.3. The van der Waals surface area contributed by atoms with Gasteiger partial charge in [-0.05, 0) is 47.8 Å². The first-order valence-electron chi connectivity index (χ1n) is 8.76. The maximum atomic E-state index is 13.0. The molecule has 0 radical (unpaired) electrons. The number of benzene rings is 2. The summed E-state index contributed by atoms with van der Waals surface area (Å²) in [6.07, 6.45) is 0. The van der Waals surface area contributed by atoms with Crippen LogP contribution >= 0.6 is 22.9 Å². The quantitative estimate of drug-likeness (QED) is 0.361. The second kappa shape index (κ2) is 7.73. The van der Waals surface area contributed by atoms with Gasteiger partial charge in [-0.25, -0.2) is 0 Å². The molecule has 1 aromatic heterocycles. The van der Waals surface area contributed by atoms with Gasteiger partial charge in [0, 0.05) is 15.5 Å². The molecule has 1 N–H and O–H groups in total. The maximum Gasteiger partial charge on any atom is 0.300 e. The lowest BCUT2D eigenvalue weighted by molar-refractivity contribution is -0.132. The van der Waals surface area contributed by atoms with Crippen molar-refractivity contribution in [1.29, 1.82) is 0 Å². The number of methoxy groups -OCH3 is 1. The number of carbonyl (C=O) groups is 2. The molecule has 7 heteroatoms. The normalized spacial score (nSPS) is 18.3. The molecular formula is C22H16ClNO4S. The Bertz CT molecular complexity index is 1110. The van der Waals surface area contributed by atoms with Crippen LogP contribution in [0.3, 0.4) is 0 Å². The van der Waals surface area contributed by atoms with Crippen molar-refractivity contribution in [2.45, 2.75) is 6.04 Å². The highest BCUT2D eigenvalue weighted by molar-refractivity contribution is 7.10. The van der Waals surface area contributed by atoms with Gasteiger partial charge in [0.15, 0.2) is 0 Å². The fraction of sp³-hybridized carbons (Fsp3) is 0.0909. The number of thiophene rings is 1. The first-order valence-corrected chi connectivity index (χ1v) is 10.0. The number of hydrogen-bond donors (Lipinski definition) is 1. The van der Waals surface area contributed by atoms with E-state index in [1.807, 2.05) is 17.5 Å². The highest BCUT2D eigenvalue weighted by Crippen LogP contribution is 2.45. The van der Waals surface area contributed by atoms with Crippen molar-refractivity contribution < 1.29 is 19.4 Å². The summed E-state index contributed by atoms with van der Waals surface area (Å²) in [5.41, 5.74) is 0.908. The summed E-state index contributed by atoms with van der Waals surface area (Å²) in [5, 5.41) is 13.3. The number of para-hydroxylation sites is 2. The lowest BCUT2D eigenvalue weighted by atomic mass is 9.99. The molecule has 2 heterocycles. The molecule has 0 spiro atoms. The standard InChI is InChI=1S/C22H16ClNO4S/c1-28-16-6-3-2-5-15(16)24-19(17-7-4-12-29-17)18(21(26)22(24)27)20(25)13-8-10-14(23)11-9-13/h2-12,19,25H,1H3/b20-18-. The highest BCUT2D eigenvalue weighted by Gasteiger charge is 2.48. The van der Waals surface area contributed by atoms with Crippen molar-refractivity contribution in [1.82, 2.24) is 0 Å². The number of amides is 1. The van der Waals surface area contributed by atoms with Gasteiger partial charge in [0.25, 0.3) is 11.7 Å². The molecule has 1 aliphatic rings. The van der Waals surface area contributed by atoms with Crippen LogP contribution in [0.1, 0.15) is 16.5 Å². The van der Waals surface area contributed by atoms with Crippen LogP contribution in [0, 0.1) is 0 Å². The predicted molar refractivity (Wildman–Crippen MR) is 114 cm³/mol. The zero-order valence-corrected chi connectivity index (χ0v) is 16.9. The fourth-order valence-corrected chi connectivity index (χ4v) is 4.34. The molecule has 5 nitrogen and oxygen atoms in total. The molecule has 1 aliphatic heterocycles. The Hall–Kier alpha value is -3.09. The molecule has 0 aliphatic carbocycles. The molecule has 1 fully saturated rings. The lowest BCUT2D eigenvalue weighted by Gasteiger charge is -2.25. The largest absolute Gasteiger partial charge is 0.507 e. The van der Waals surface area contributed by atoms with E-state index in [2.05, 4.69) is 0 Å². The first-order chi connectivity index (χ1) is 14.0. The Balaban J connectivity index is 1.94. The van der Waals surface area contributed by atoms with E-state index < -0.39 is 17.7 Å². The third kappa shape index (κ3) is 3.30. The molecule has 1 atom stereocenters. The van der Waals surface area contributed by atoms with Crippen molar-refractivity contribution in [3.8, 4) is 5.75 Å². The third-order valence-electron chi connectivity index (χ3n) is 4.72. The minimum absolute atomic E-state index is 0.0330. The van der Waals surface area contributed by atoms with Crippen LogP contribution in [0.2, 0.25) is 5.02 Å². The Labute approximate surface area is 176 Å². The molecule has 2 aromatic carbocycles. The van der Waals surface area contributed by atoms with Gasteiger partial charge >= 0.3 is 0 Å². The van der Waals surface area contributed by atoms with Crippen molar-refractivity contribution in [2.75, 3.05) is 12.0 Å². The molecular weight excluding hydrogens is 410 g/mol. The zero-order chi connectivity index (χ0) is 20.5. The lowest BCUT2D eigenvalue weighted by Crippen LogP contribution is -2.29. The summed E-state index contributed by atoms with van der Waals surface area (Å²) in [6.45, 7) is 0. The second-order valence-corrected chi connectivity index (χ2v) is 7.78. The number of ketones is 1. The van der Waals surface area contributed by atoms with Crippen molar-refractivity contribution in [3.05, 3.63) is 87.1 Å². The Morgan fingerprint density at radius 2 is 1.79 bits per heavy atom. The summed E-state index contributed by atoms with van der Waals surface area (Å²) < 4.78 is 5.41. The van der Waals surface area contributed by atoms with Crippen molar-refractivity contribution >= 4 is 46.1 Å². The van der Waals surface area contributed by atoms with Gasteiger partial charge in [0.05, 0.1) is 18.4 Å². The molecule has 1 saturated heterocycles. The number of halogens is 1. The van der Waals surface area contributed by atoms with E-state index in [0.29, 0.717) is 22.0 Å². The number of carbonyl (C=O) groups excluding carboxylic acids is 2. The van der Waals surface area contributed by atoms with Crippen LogP contribution in [0.5, 0.6) is 5.75 Å². The molecule has 4 rings (SSSR count). The van der Waals surface area contributed by atoms with Crippen LogP contribution in [-0.2, 0) is 9.59 Å². The van der Waals surface area contributed by atoms with E-state index in [9.17, 15) is 14.7 Å². The fourth-order valence-electron chi connectivity index (χ4n) is 3.39. The average Bonchev–Trinajstić information content (AvgIpc) is 3.35. The Kier molecular flexibility index (Phi) is 5.13. The SMILES string of the molecule is COc1ccccc1N1C(=O)C(=O)/C(=C(\O)c2ccc(Cl)cc2)C1c1cccs1. The average molecular weight is 426 g/mol. The Morgan fingerprint density at radius 1 is 1.07 bits per heavy atom. The van der Waals surface area contributed by atoms with Crippen LogP contribution in [0.4, 0.5) is 5.69 Å². The second-order valence-electron chi connectivity index (χ2n) is 6.36. The van der Waals surface area contributed by atoms with Gasteiger partial charge in [-0.1, -0.05) is 29.8 Å². The minimum Gasteiger partial charge on any atom is -0.507 e. The number of hydrogen-bond acceptors (Lipinski definition) is 5. The summed E-state index contributed by atoms with van der Waals surface area (Å²) in [4.78, 5) is 28.2. The summed E-state index contributed by atoms with van der Waals surface area (Å²) in [7, 11) is 1.50. The smallest absolute Gasteiger partial charge is 0.300 e. The molecule has 1 amide bonds. The van der Waals surface area contributed by atoms with E-state index in [-0.39, 0.29) is 11.3 Å². The Morgan fingerprint density at radius 3 is 2.45 bits per heavy atom. The molecule has 0 bridgehead atoms. The number of rotatable bonds is 4. The summed E-state index contributed by atoms with van der Waals surface area (Å²) >= 11 is 7.34. The minimum atomic E-state index is -0.762. The molecule has 1 unspecified atom stereocenters. The van der Waals surface area contributed by atoms with E-state index in [1.54, 1.807) is 48.5 Å². The van der Waals surface area contributed by atoms with Gasteiger partial charge in [0.2, 0.25) is 0 Å².